The van der Waals surface area contributed by atoms with Crippen LogP contribution in [0.3, 0.4) is 0 Å². The molecule has 4 heterocycles. The van der Waals surface area contributed by atoms with Crippen molar-refractivity contribution in [3.8, 4) is 0 Å². The summed E-state index contributed by atoms with van der Waals surface area (Å²) in [6, 6.07) is -0.926. The van der Waals surface area contributed by atoms with Crippen LogP contribution in [0.1, 0.15) is 11.4 Å². The van der Waals surface area contributed by atoms with Crippen molar-refractivity contribution in [2.75, 3.05) is 36.6 Å². The number of carbonyl (C=O) groups is 3. The molecule has 0 bridgehead atoms. The maximum absolute atomic E-state index is 13.1. The quantitative estimate of drug-likeness (QED) is 0.0945. The van der Waals surface area contributed by atoms with E-state index in [9.17, 15) is 19.5 Å². The Kier molecular flexibility index (Phi) is 7.85. The number of aryl methyl sites for hydroxylation is 1. The molecule has 2 aromatic rings. The fourth-order valence-corrected chi connectivity index (χ4v) is 6.78. The van der Waals surface area contributed by atoms with Crippen molar-refractivity contribution < 1.29 is 28.9 Å². The zero-order valence-corrected chi connectivity index (χ0v) is 22.8. The number of nitrogens with two attached hydrogens (primary N) is 1. The SMILES string of the molecule is C=CCO/N=C(/C(=O)N[C@@H]1C(=O)N2C(C(=O)O)=C(CN(C)c3scc(C)[n+]3C)CS[C@H]12)c1csc(N)n1. The van der Waals surface area contributed by atoms with Crippen LogP contribution in [0.25, 0.3) is 0 Å². The van der Waals surface area contributed by atoms with E-state index in [4.69, 9.17) is 10.6 Å². The Morgan fingerprint density at radius 2 is 2.22 bits per heavy atom. The van der Waals surface area contributed by atoms with Crippen LogP contribution in [-0.4, -0.2) is 75.9 Å². The molecule has 1 saturated heterocycles. The lowest BCUT2D eigenvalue weighted by molar-refractivity contribution is -0.660. The molecular formula is C22H26N7O5S3+. The van der Waals surface area contributed by atoms with Crippen molar-refractivity contribution in [1.82, 2.24) is 15.2 Å². The Hall–Kier alpha value is -3.43. The zero-order chi connectivity index (χ0) is 26.9. The van der Waals surface area contributed by atoms with Gasteiger partial charge in [0.15, 0.2) is 10.8 Å². The number of fused-ring (bicyclic) bond motifs is 1. The van der Waals surface area contributed by atoms with Gasteiger partial charge in [-0.25, -0.2) is 14.3 Å². The number of nitrogen functional groups attached to an aromatic ring is 1. The Morgan fingerprint density at radius 3 is 2.81 bits per heavy atom. The number of carboxylic acids is 1. The van der Waals surface area contributed by atoms with E-state index in [1.54, 1.807) is 16.7 Å². The number of oxime groups is 1. The average molecular weight is 565 g/mol. The van der Waals surface area contributed by atoms with Crippen LogP contribution in [0.5, 0.6) is 0 Å². The molecule has 0 unspecified atom stereocenters. The molecule has 2 aliphatic rings. The first kappa shape index (κ1) is 26.6. The Balaban J connectivity index is 1.52. The molecular weight excluding hydrogens is 538 g/mol. The lowest BCUT2D eigenvalue weighted by Crippen LogP contribution is -2.71. The highest BCUT2D eigenvalue weighted by Gasteiger charge is 2.54. The van der Waals surface area contributed by atoms with Gasteiger partial charge in [-0.1, -0.05) is 29.1 Å². The monoisotopic (exact) mass is 564 g/mol. The second-order valence-electron chi connectivity index (χ2n) is 8.29. The summed E-state index contributed by atoms with van der Waals surface area (Å²) in [6.45, 7) is 5.94. The standard InChI is InChI=1S/C22H25N7O5S3/c1-5-6-34-26-14(13-10-36-21(23)24-13)17(30)25-15-18(31)29-16(20(32)33)12(9-35-19(15)29)7-27(3)22-28(4)11(2)8-37-22/h5,8,10,15,19H,1,6-7,9H2,2-4H3,(H3-,23,24,25,30,32,33)/p+1/b26-14+/t15-,19-/m1/s1. The summed E-state index contributed by atoms with van der Waals surface area (Å²) in [5.74, 6) is -1.98. The lowest BCUT2D eigenvalue weighted by atomic mass is 10.0. The van der Waals surface area contributed by atoms with Crippen LogP contribution < -0.4 is 20.5 Å². The molecule has 0 spiro atoms. The van der Waals surface area contributed by atoms with E-state index in [1.807, 2.05) is 35.9 Å². The van der Waals surface area contributed by atoms with Crippen LogP contribution in [0.4, 0.5) is 10.3 Å². The Bertz CT molecular complexity index is 1320. The van der Waals surface area contributed by atoms with Crippen LogP contribution in [0, 0.1) is 6.92 Å². The third-order valence-corrected chi connectivity index (χ3v) is 9.04. The summed E-state index contributed by atoms with van der Waals surface area (Å²) < 4.78 is 2.03. The van der Waals surface area contributed by atoms with Gasteiger partial charge in [-0.15, -0.1) is 23.1 Å². The number of carboxylic acid groups (broad SMARTS) is 1. The summed E-state index contributed by atoms with van der Waals surface area (Å²) in [6.07, 6.45) is 1.47. The van der Waals surface area contributed by atoms with Gasteiger partial charge < -0.3 is 21.0 Å². The number of nitrogens with one attached hydrogen (secondary N) is 1. The molecule has 12 nitrogen and oxygen atoms in total. The molecule has 4 rings (SSSR count). The van der Waals surface area contributed by atoms with Gasteiger partial charge in [0.05, 0.1) is 14.1 Å². The van der Waals surface area contributed by atoms with Crippen molar-refractivity contribution >= 4 is 68.2 Å². The minimum absolute atomic E-state index is 0.0440. The fraction of sp³-hybridized carbons (Fsp3) is 0.364. The number of hydrogen-bond acceptors (Lipinski definition) is 11. The van der Waals surface area contributed by atoms with E-state index < -0.39 is 29.2 Å². The van der Waals surface area contributed by atoms with Gasteiger partial charge in [-0.2, -0.15) is 0 Å². The van der Waals surface area contributed by atoms with E-state index >= 15 is 0 Å². The van der Waals surface area contributed by atoms with Gasteiger partial charge in [0.2, 0.25) is 0 Å². The summed E-state index contributed by atoms with van der Waals surface area (Å²) in [5.41, 5.74) is 7.43. The molecule has 2 aliphatic heterocycles. The summed E-state index contributed by atoms with van der Waals surface area (Å²) in [4.78, 5) is 50.7. The number of aliphatic carboxylic acids is 1. The maximum atomic E-state index is 13.1. The van der Waals surface area contributed by atoms with E-state index in [0.29, 0.717) is 17.9 Å². The van der Waals surface area contributed by atoms with Gasteiger partial charge in [0.25, 0.3) is 11.8 Å². The molecule has 0 aliphatic carbocycles. The van der Waals surface area contributed by atoms with Crippen molar-refractivity contribution in [3.63, 3.8) is 0 Å². The molecule has 2 atom stereocenters. The lowest BCUT2D eigenvalue weighted by Gasteiger charge is -2.49. The number of nitrogens with zero attached hydrogens (tertiary/aromatic N) is 5. The summed E-state index contributed by atoms with van der Waals surface area (Å²) >= 11 is 4.09. The normalized spacial score (nSPS) is 19.3. The number of rotatable bonds is 10. The smallest absolute Gasteiger partial charge is 0.352 e. The second kappa shape index (κ2) is 10.9. The molecule has 1 fully saturated rings. The van der Waals surface area contributed by atoms with Crippen molar-refractivity contribution in [1.29, 1.82) is 0 Å². The van der Waals surface area contributed by atoms with Crippen LogP contribution in [0.2, 0.25) is 0 Å². The van der Waals surface area contributed by atoms with E-state index in [1.165, 1.54) is 22.7 Å². The fourth-order valence-electron chi connectivity index (χ4n) is 3.92. The number of thioether (sulfide) groups is 1. The number of β-lactam (4-membered cyclic amide) rings is 1. The zero-order valence-electron chi connectivity index (χ0n) is 20.3. The Labute approximate surface area is 225 Å². The average Bonchev–Trinajstić information content (AvgIpc) is 3.44. The number of thiazole rings is 2. The predicted molar refractivity (Wildman–Crippen MR) is 142 cm³/mol. The third-order valence-electron chi connectivity index (χ3n) is 5.77. The molecule has 37 heavy (non-hydrogen) atoms. The molecule has 2 aromatic heterocycles. The van der Waals surface area contributed by atoms with E-state index in [-0.39, 0.29) is 28.8 Å². The van der Waals surface area contributed by atoms with Crippen molar-refractivity contribution in [2.45, 2.75) is 18.3 Å². The highest BCUT2D eigenvalue weighted by molar-refractivity contribution is 8.00. The number of amides is 2. The van der Waals surface area contributed by atoms with Gasteiger partial charge in [0.1, 0.15) is 41.7 Å². The van der Waals surface area contributed by atoms with Crippen LogP contribution in [0.15, 0.2) is 39.8 Å². The summed E-state index contributed by atoms with van der Waals surface area (Å²) in [5, 5.41) is 20.7. The highest BCUT2D eigenvalue weighted by atomic mass is 32.2. The van der Waals surface area contributed by atoms with Crippen molar-refractivity contribution in [3.05, 3.63) is 46.1 Å². The second-order valence-corrected chi connectivity index (χ2v) is 11.1. The minimum atomic E-state index is -1.18. The highest BCUT2D eigenvalue weighted by Crippen LogP contribution is 2.40. The first-order valence-corrected chi connectivity index (χ1v) is 13.8. The molecule has 0 aromatic carbocycles. The first-order chi connectivity index (χ1) is 17.6. The number of likely N-dealkylation sites (N-methyl/N-ethyl adjacent to an activating group) is 1. The van der Waals surface area contributed by atoms with E-state index in [2.05, 4.69) is 22.0 Å². The predicted octanol–water partition coefficient (Wildman–Crippen LogP) is 0.701. The summed E-state index contributed by atoms with van der Waals surface area (Å²) in [7, 11) is 3.83. The molecule has 0 saturated carbocycles. The van der Waals surface area contributed by atoms with Gasteiger partial charge in [0, 0.05) is 22.1 Å². The van der Waals surface area contributed by atoms with Crippen molar-refractivity contribution in [2.24, 2.45) is 12.2 Å². The topological polar surface area (TPSA) is 154 Å². The van der Waals surface area contributed by atoms with Gasteiger partial charge in [-0.05, 0) is 6.92 Å². The maximum Gasteiger partial charge on any atom is 0.352 e. The largest absolute Gasteiger partial charge is 0.477 e. The Morgan fingerprint density at radius 1 is 1.46 bits per heavy atom. The van der Waals surface area contributed by atoms with Crippen LogP contribution >= 0.6 is 34.4 Å². The first-order valence-electron chi connectivity index (χ1n) is 11.0. The molecule has 196 valence electrons. The molecule has 4 N–H and O–H groups in total. The number of carbonyl (C=O) groups excluding carboxylic acids is 2. The number of anilines is 2. The number of aromatic nitrogens is 2. The molecule has 0 radical (unpaired) electrons. The van der Waals surface area contributed by atoms with E-state index in [0.717, 1.165) is 22.2 Å². The third kappa shape index (κ3) is 5.19. The minimum Gasteiger partial charge on any atom is -0.477 e. The molecule has 2 amide bonds. The van der Waals surface area contributed by atoms with Crippen LogP contribution in [-0.2, 0) is 26.3 Å². The van der Waals surface area contributed by atoms with Gasteiger partial charge >= 0.3 is 11.1 Å². The number of hydrogen-bond donors (Lipinski definition) is 3. The molecule has 15 heteroatoms. The van der Waals surface area contributed by atoms with Gasteiger partial charge in [-0.3, -0.25) is 19.4 Å².